The number of carbonyl (C=O) groups excluding carboxylic acids is 2. The summed E-state index contributed by atoms with van der Waals surface area (Å²) in [5.74, 6) is -0.862. The zero-order valence-corrected chi connectivity index (χ0v) is 15.0. The molecule has 0 aliphatic rings. The Bertz CT molecular complexity index is 863. The molecule has 0 fully saturated rings. The Morgan fingerprint density at radius 2 is 1.44 bits per heavy atom. The van der Waals surface area contributed by atoms with E-state index in [-0.39, 0.29) is 24.0 Å². The van der Waals surface area contributed by atoms with Gasteiger partial charge in [-0.15, -0.1) is 0 Å². The molecular formula is C17H17ClN2O4S. The van der Waals surface area contributed by atoms with Gasteiger partial charge in [0.15, 0.2) is 0 Å². The van der Waals surface area contributed by atoms with Crippen LogP contribution in [0.5, 0.6) is 0 Å². The van der Waals surface area contributed by atoms with Crippen molar-refractivity contribution in [3.05, 3.63) is 59.1 Å². The molecule has 132 valence electrons. The summed E-state index contributed by atoms with van der Waals surface area (Å²) in [6.45, 7) is 0. The van der Waals surface area contributed by atoms with E-state index in [1.54, 1.807) is 48.5 Å². The van der Waals surface area contributed by atoms with Gasteiger partial charge in [-0.1, -0.05) is 11.6 Å². The highest BCUT2D eigenvalue weighted by molar-refractivity contribution is 7.90. The first-order valence-electron chi connectivity index (χ1n) is 7.37. The summed E-state index contributed by atoms with van der Waals surface area (Å²) < 4.78 is 22.1. The number of carbonyl (C=O) groups is 2. The third-order valence-corrected chi connectivity index (χ3v) is 4.43. The zero-order valence-electron chi connectivity index (χ0n) is 13.5. The lowest BCUT2D eigenvalue weighted by Crippen LogP contribution is -2.16. The third kappa shape index (κ3) is 6.56. The topological polar surface area (TPSA) is 92.3 Å². The molecule has 0 heterocycles. The number of hydrogen-bond acceptors (Lipinski definition) is 4. The molecule has 0 aromatic heterocycles. The Balaban J connectivity index is 1.92. The fourth-order valence-corrected chi connectivity index (χ4v) is 2.63. The predicted molar refractivity (Wildman–Crippen MR) is 98.8 cm³/mol. The first-order valence-corrected chi connectivity index (χ1v) is 9.81. The van der Waals surface area contributed by atoms with E-state index in [1.165, 1.54) is 0 Å². The Hall–Kier alpha value is -2.38. The number of halogens is 1. The van der Waals surface area contributed by atoms with Gasteiger partial charge in [0.25, 0.3) is 5.91 Å². The number of nitrogens with one attached hydrogen (secondary N) is 2. The van der Waals surface area contributed by atoms with Crippen LogP contribution in [-0.2, 0) is 14.6 Å². The van der Waals surface area contributed by atoms with Crippen LogP contribution in [-0.4, -0.2) is 32.2 Å². The van der Waals surface area contributed by atoms with Crippen molar-refractivity contribution in [2.45, 2.75) is 6.42 Å². The second kappa shape index (κ2) is 8.13. The van der Waals surface area contributed by atoms with E-state index < -0.39 is 9.84 Å². The molecule has 0 aliphatic heterocycles. The summed E-state index contributed by atoms with van der Waals surface area (Å²) in [5.41, 5.74) is 1.56. The molecule has 0 unspecified atom stereocenters. The Morgan fingerprint density at radius 1 is 0.920 bits per heavy atom. The van der Waals surface area contributed by atoms with Gasteiger partial charge in [-0.2, -0.15) is 0 Å². The van der Waals surface area contributed by atoms with Crippen molar-refractivity contribution in [2.24, 2.45) is 0 Å². The van der Waals surface area contributed by atoms with Crippen molar-refractivity contribution < 1.29 is 18.0 Å². The van der Waals surface area contributed by atoms with Crippen molar-refractivity contribution >= 4 is 44.6 Å². The number of anilines is 2. The first-order chi connectivity index (χ1) is 11.7. The molecule has 0 radical (unpaired) electrons. The molecule has 6 nitrogen and oxygen atoms in total. The fraction of sp³-hybridized carbons (Fsp3) is 0.176. The van der Waals surface area contributed by atoms with E-state index in [4.69, 9.17) is 11.6 Å². The molecule has 2 amide bonds. The molecule has 2 aromatic carbocycles. The summed E-state index contributed by atoms with van der Waals surface area (Å²) in [6, 6.07) is 13.0. The highest BCUT2D eigenvalue weighted by Crippen LogP contribution is 2.16. The van der Waals surface area contributed by atoms with Crippen LogP contribution in [0.3, 0.4) is 0 Å². The smallest absolute Gasteiger partial charge is 0.255 e. The highest BCUT2D eigenvalue weighted by Gasteiger charge is 2.09. The summed E-state index contributed by atoms with van der Waals surface area (Å²) in [4.78, 5) is 23.8. The van der Waals surface area contributed by atoms with Crippen LogP contribution in [0.25, 0.3) is 0 Å². The van der Waals surface area contributed by atoms with Gasteiger partial charge >= 0.3 is 0 Å². The van der Waals surface area contributed by atoms with Gasteiger partial charge < -0.3 is 10.6 Å². The SMILES string of the molecule is CS(=O)(=O)CCC(=O)Nc1ccc(NC(=O)c2ccc(Cl)cc2)cc1. The molecule has 2 N–H and O–H groups in total. The van der Waals surface area contributed by atoms with Gasteiger partial charge in [0, 0.05) is 34.6 Å². The first kappa shape index (κ1) is 19.0. The lowest BCUT2D eigenvalue weighted by atomic mass is 10.2. The molecule has 8 heteroatoms. The van der Waals surface area contributed by atoms with Gasteiger partial charge in [0.05, 0.1) is 5.75 Å². The van der Waals surface area contributed by atoms with Crippen molar-refractivity contribution in [3.8, 4) is 0 Å². The number of hydrogen-bond donors (Lipinski definition) is 2. The van der Waals surface area contributed by atoms with Crippen LogP contribution >= 0.6 is 11.6 Å². The molecule has 2 aromatic rings. The maximum atomic E-state index is 12.1. The largest absolute Gasteiger partial charge is 0.326 e. The third-order valence-electron chi connectivity index (χ3n) is 3.23. The molecule has 25 heavy (non-hydrogen) atoms. The number of amides is 2. The average Bonchev–Trinajstić information content (AvgIpc) is 2.55. The average molecular weight is 381 g/mol. The number of rotatable bonds is 6. The van der Waals surface area contributed by atoms with E-state index in [1.807, 2.05) is 0 Å². The van der Waals surface area contributed by atoms with Crippen LogP contribution in [0, 0.1) is 0 Å². The maximum Gasteiger partial charge on any atom is 0.255 e. The molecule has 0 saturated heterocycles. The van der Waals surface area contributed by atoms with E-state index in [9.17, 15) is 18.0 Å². The monoisotopic (exact) mass is 380 g/mol. The second-order valence-electron chi connectivity index (χ2n) is 5.47. The normalized spacial score (nSPS) is 11.0. The van der Waals surface area contributed by atoms with Crippen molar-refractivity contribution in [2.75, 3.05) is 22.6 Å². The number of sulfone groups is 1. The van der Waals surface area contributed by atoms with Crippen LogP contribution in [0.4, 0.5) is 11.4 Å². The summed E-state index contributed by atoms with van der Waals surface area (Å²) in [7, 11) is -3.18. The van der Waals surface area contributed by atoms with Gasteiger partial charge in [-0.3, -0.25) is 9.59 Å². The van der Waals surface area contributed by atoms with Crippen LogP contribution in [0.2, 0.25) is 5.02 Å². The molecule has 0 bridgehead atoms. The van der Waals surface area contributed by atoms with E-state index >= 15 is 0 Å². The van der Waals surface area contributed by atoms with E-state index in [0.717, 1.165) is 6.26 Å². The van der Waals surface area contributed by atoms with Crippen molar-refractivity contribution in [1.29, 1.82) is 0 Å². The van der Waals surface area contributed by atoms with Crippen molar-refractivity contribution in [3.63, 3.8) is 0 Å². The predicted octanol–water partition coefficient (Wildman–Crippen LogP) is 2.97. The molecule has 0 aliphatic carbocycles. The van der Waals surface area contributed by atoms with Crippen molar-refractivity contribution in [1.82, 2.24) is 0 Å². The summed E-state index contributed by atoms with van der Waals surface area (Å²) in [6.07, 6.45) is 0.978. The lowest BCUT2D eigenvalue weighted by molar-refractivity contribution is -0.115. The molecule has 0 spiro atoms. The van der Waals surface area contributed by atoms with Gasteiger partial charge in [-0.05, 0) is 48.5 Å². The minimum absolute atomic E-state index is 0.103. The minimum atomic E-state index is -3.18. The number of benzene rings is 2. The minimum Gasteiger partial charge on any atom is -0.326 e. The van der Waals surface area contributed by atoms with Gasteiger partial charge in [0.2, 0.25) is 5.91 Å². The molecule has 0 saturated carbocycles. The van der Waals surface area contributed by atoms with Crippen LogP contribution in [0.15, 0.2) is 48.5 Å². The van der Waals surface area contributed by atoms with Gasteiger partial charge in [0.1, 0.15) is 9.84 Å². The summed E-state index contributed by atoms with van der Waals surface area (Å²) >= 11 is 5.78. The fourth-order valence-electron chi connectivity index (χ4n) is 1.94. The highest BCUT2D eigenvalue weighted by atomic mass is 35.5. The summed E-state index contributed by atoms with van der Waals surface area (Å²) in [5, 5.41) is 5.88. The van der Waals surface area contributed by atoms with Crippen LogP contribution in [0.1, 0.15) is 16.8 Å². The van der Waals surface area contributed by atoms with E-state index in [2.05, 4.69) is 10.6 Å². The van der Waals surface area contributed by atoms with E-state index in [0.29, 0.717) is 22.0 Å². The Kier molecular flexibility index (Phi) is 6.17. The molecular weight excluding hydrogens is 364 g/mol. The molecule has 2 rings (SSSR count). The van der Waals surface area contributed by atoms with Gasteiger partial charge in [-0.25, -0.2) is 8.42 Å². The quantitative estimate of drug-likeness (QED) is 0.805. The standard InChI is InChI=1S/C17H17ClN2O4S/c1-25(23,24)11-10-16(21)19-14-6-8-15(9-7-14)20-17(22)12-2-4-13(18)5-3-12/h2-9H,10-11H2,1H3,(H,19,21)(H,20,22). The Morgan fingerprint density at radius 3 is 1.96 bits per heavy atom. The second-order valence-corrected chi connectivity index (χ2v) is 8.16. The zero-order chi connectivity index (χ0) is 18.4. The maximum absolute atomic E-state index is 12.1. The molecule has 0 atom stereocenters. The Labute approximate surface area is 151 Å². The van der Waals surface area contributed by atoms with Crippen LogP contribution < -0.4 is 10.6 Å². The lowest BCUT2D eigenvalue weighted by Gasteiger charge is -2.08.